The maximum atomic E-state index is 4.32. The molecule has 1 aromatic carbocycles. The predicted octanol–water partition coefficient (Wildman–Crippen LogP) is 3.31. The standard InChI is InChI=1S/C10H5Br2N5S/c11-6-1-3-7(4-2-6)17-15-9(14-16-17)8-5-13-10(12)18-8/h1-5H. The van der Waals surface area contributed by atoms with Gasteiger partial charge in [-0.1, -0.05) is 15.9 Å². The first-order chi connectivity index (χ1) is 8.72. The molecule has 0 aliphatic heterocycles. The lowest BCUT2D eigenvalue weighted by atomic mass is 10.3. The zero-order valence-electron chi connectivity index (χ0n) is 8.79. The van der Waals surface area contributed by atoms with Gasteiger partial charge in [0, 0.05) is 4.47 Å². The van der Waals surface area contributed by atoms with Gasteiger partial charge in [-0.15, -0.1) is 26.3 Å². The van der Waals surface area contributed by atoms with Gasteiger partial charge in [-0.3, -0.25) is 0 Å². The van der Waals surface area contributed by atoms with Crippen LogP contribution in [0.5, 0.6) is 0 Å². The molecule has 0 fully saturated rings. The number of thiazole rings is 1. The van der Waals surface area contributed by atoms with E-state index in [0.717, 1.165) is 19.0 Å². The predicted molar refractivity (Wildman–Crippen MR) is 75.7 cm³/mol. The zero-order chi connectivity index (χ0) is 12.5. The van der Waals surface area contributed by atoms with Crippen LogP contribution in [0.15, 0.2) is 38.9 Å². The second-order valence-corrected chi connectivity index (χ2v) is 6.58. The Morgan fingerprint density at radius 1 is 1.11 bits per heavy atom. The number of rotatable bonds is 2. The van der Waals surface area contributed by atoms with E-state index < -0.39 is 0 Å². The Morgan fingerprint density at radius 3 is 2.56 bits per heavy atom. The number of halogens is 2. The molecule has 0 radical (unpaired) electrons. The molecule has 8 heteroatoms. The molecule has 0 bridgehead atoms. The van der Waals surface area contributed by atoms with Crippen molar-refractivity contribution in [2.45, 2.75) is 0 Å². The Labute approximate surface area is 123 Å². The Bertz CT molecular complexity index is 676. The van der Waals surface area contributed by atoms with Crippen molar-refractivity contribution in [2.24, 2.45) is 0 Å². The van der Waals surface area contributed by atoms with E-state index in [2.05, 4.69) is 52.3 Å². The average molecular weight is 387 g/mol. The van der Waals surface area contributed by atoms with E-state index in [0.29, 0.717) is 5.82 Å². The summed E-state index contributed by atoms with van der Waals surface area (Å²) in [5.74, 6) is 0.570. The monoisotopic (exact) mass is 385 g/mol. The molecular weight excluding hydrogens is 382 g/mol. The highest BCUT2D eigenvalue weighted by molar-refractivity contribution is 9.11. The van der Waals surface area contributed by atoms with E-state index in [1.54, 1.807) is 6.20 Å². The third-order valence-corrected chi connectivity index (χ3v) is 4.17. The van der Waals surface area contributed by atoms with Crippen LogP contribution < -0.4 is 0 Å². The molecule has 2 heterocycles. The van der Waals surface area contributed by atoms with Gasteiger partial charge in [-0.05, 0) is 45.4 Å². The van der Waals surface area contributed by atoms with E-state index in [4.69, 9.17) is 0 Å². The van der Waals surface area contributed by atoms with Gasteiger partial charge in [-0.2, -0.15) is 0 Å². The lowest BCUT2D eigenvalue weighted by Gasteiger charge is -1.96. The highest BCUT2D eigenvalue weighted by atomic mass is 79.9. The Balaban J connectivity index is 1.96. The highest BCUT2D eigenvalue weighted by Crippen LogP contribution is 2.26. The van der Waals surface area contributed by atoms with Gasteiger partial charge in [-0.25, -0.2) is 4.98 Å². The van der Waals surface area contributed by atoms with E-state index in [1.165, 1.54) is 16.1 Å². The summed E-state index contributed by atoms with van der Waals surface area (Å²) in [6.07, 6.45) is 1.72. The summed E-state index contributed by atoms with van der Waals surface area (Å²) in [6, 6.07) is 7.69. The summed E-state index contributed by atoms with van der Waals surface area (Å²) in [5.41, 5.74) is 0.862. The fraction of sp³-hybridized carbons (Fsp3) is 0. The fourth-order valence-electron chi connectivity index (χ4n) is 1.35. The first-order valence-electron chi connectivity index (χ1n) is 4.90. The van der Waals surface area contributed by atoms with E-state index in [-0.39, 0.29) is 0 Å². The molecule has 0 unspecified atom stereocenters. The zero-order valence-corrected chi connectivity index (χ0v) is 12.8. The lowest BCUT2D eigenvalue weighted by Crippen LogP contribution is -1.98. The SMILES string of the molecule is Brc1ccc(-n2nnc(-c3cnc(Br)s3)n2)cc1. The number of tetrazole rings is 1. The van der Waals surface area contributed by atoms with Crippen molar-refractivity contribution < 1.29 is 0 Å². The molecule has 0 aliphatic carbocycles. The van der Waals surface area contributed by atoms with Gasteiger partial charge in [0.05, 0.1) is 16.8 Å². The molecule has 0 saturated carbocycles. The Hall–Kier alpha value is -1.12. The molecule has 0 amide bonds. The Kier molecular flexibility index (Phi) is 3.23. The summed E-state index contributed by atoms with van der Waals surface area (Å²) in [6.45, 7) is 0. The smallest absolute Gasteiger partial charge is 0.216 e. The second kappa shape index (κ2) is 4.87. The van der Waals surface area contributed by atoms with Gasteiger partial charge >= 0.3 is 0 Å². The molecule has 90 valence electrons. The molecule has 18 heavy (non-hydrogen) atoms. The van der Waals surface area contributed by atoms with Crippen LogP contribution in [0.4, 0.5) is 0 Å². The maximum absolute atomic E-state index is 4.32. The highest BCUT2D eigenvalue weighted by Gasteiger charge is 2.10. The van der Waals surface area contributed by atoms with Crippen molar-refractivity contribution in [3.8, 4) is 16.4 Å². The van der Waals surface area contributed by atoms with Crippen molar-refractivity contribution in [2.75, 3.05) is 0 Å². The van der Waals surface area contributed by atoms with Gasteiger partial charge in [0.2, 0.25) is 5.82 Å². The number of hydrogen-bond acceptors (Lipinski definition) is 5. The van der Waals surface area contributed by atoms with Crippen LogP contribution in [0.2, 0.25) is 0 Å². The molecule has 0 aliphatic rings. The van der Waals surface area contributed by atoms with Gasteiger partial charge in [0.1, 0.15) is 0 Å². The normalized spacial score (nSPS) is 10.8. The van der Waals surface area contributed by atoms with Crippen LogP contribution in [-0.4, -0.2) is 25.2 Å². The van der Waals surface area contributed by atoms with Crippen molar-refractivity contribution in [3.63, 3.8) is 0 Å². The topological polar surface area (TPSA) is 56.5 Å². The first kappa shape index (κ1) is 11.9. The molecule has 0 spiro atoms. The maximum Gasteiger partial charge on any atom is 0.216 e. The molecule has 3 aromatic rings. The minimum absolute atomic E-state index is 0.570. The van der Waals surface area contributed by atoms with Crippen molar-refractivity contribution in [1.82, 2.24) is 25.2 Å². The van der Waals surface area contributed by atoms with Crippen LogP contribution in [0.3, 0.4) is 0 Å². The third kappa shape index (κ3) is 2.36. The molecule has 2 aromatic heterocycles. The number of benzene rings is 1. The largest absolute Gasteiger partial charge is 0.237 e. The van der Waals surface area contributed by atoms with Crippen LogP contribution in [0, 0.1) is 0 Å². The number of nitrogens with zero attached hydrogens (tertiary/aromatic N) is 5. The molecule has 0 N–H and O–H groups in total. The average Bonchev–Trinajstić information content (AvgIpc) is 2.98. The summed E-state index contributed by atoms with van der Waals surface area (Å²) in [4.78, 5) is 6.47. The van der Waals surface area contributed by atoms with E-state index in [9.17, 15) is 0 Å². The van der Waals surface area contributed by atoms with Gasteiger partial charge in [0.15, 0.2) is 3.92 Å². The molecule has 3 rings (SSSR count). The Morgan fingerprint density at radius 2 is 1.89 bits per heavy atom. The molecule has 0 saturated heterocycles. The second-order valence-electron chi connectivity index (χ2n) is 3.36. The van der Waals surface area contributed by atoms with Crippen molar-refractivity contribution in [1.29, 1.82) is 0 Å². The van der Waals surface area contributed by atoms with Crippen LogP contribution in [0.25, 0.3) is 16.4 Å². The van der Waals surface area contributed by atoms with Gasteiger partial charge in [0.25, 0.3) is 0 Å². The summed E-state index contributed by atoms with van der Waals surface area (Å²) >= 11 is 8.17. The van der Waals surface area contributed by atoms with Crippen LogP contribution in [0.1, 0.15) is 0 Å². The molecular formula is C10H5Br2N5S. The lowest BCUT2D eigenvalue weighted by molar-refractivity contribution is 0.720. The minimum Gasteiger partial charge on any atom is -0.237 e. The first-order valence-corrected chi connectivity index (χ1v) is 7.30. The number of hydrogen-bond donors (Lipinski definition) is 0. The van der Waals surface area contributed by atoms with Crippen molar-refractivity contribution >= 4 is 43.2 Å². The fourth-order valence-corrected chi connectivity index (χ4v) is 2.81. The van der Waals surface area contributed by atoms with E-state index >= 15 is 0 Å². The minimum atomic E-state index is 0.570. The molecule has 0 atom stereocenters. The van der Waals surface area contributed by atoms with Gasteiger partial charge < -0.3 is 0 Å². The van der Waals surface area contributed by atoms with Crippen molar-refractivity contribution in [3.05, 3.63) is 38.9 Å². The summed E-state index contributed by atoms with van der Waals surface area (Å²) < 4.78 is 1.82. The summed E-state index contributed by atoms with van der Waals surface area (Å²) in [5, 5.41) is 12.4. The van der Waals surface area contributed by atoms with Crippen LogP contribution in [-0.2, 0) is 0 Å². The van der Waals surface area contributed by atoms with E-state index in [1.807, 2.05) is 24.3 Å². The quantitative estimate of drug-likeness (QED) is 0.677. The number of aromatic nitrogens is 5. The summed E-state index contributed by atoms with van der Waals surface area (Å²) in [7, 11) is 0. The molecule has 5 nitrogen and oxygen atoms in total. The van der Waals surface area contributed by atoms with Crippen LogP contribution >= 0.6 is 43.2 Å². The third-order valence-electron chi connectivity index (χ3n) is 2.17.